The summed E-state index contributed by atoms with van der Waals surface area (Å²) in [7, 11) is -1.41. The number of halogens is 1. The molecule has 1 aromatic rings. The van der Waals surface area contributed by atoms with Crippen molar-refractivity contribution < 1.29 is 4.79 Å². The summed E-state index contributed by atoms with van der Waals surface area (Å²) < 4.78 is 0. The highest BCUT2D eigenvalue weighted by Crippen LogP contribution is 2.14. The van der Waals surface area contributed by atoms with E-state index < -0.39 is 8.07 Å². The van der Waals surface area contributed by atoms with Gasteiger partial charge in [-0.2, -0.15) is 0 Å². The van der Waals surface area contributed by atoms with Crippen molar-refractivity contribution in [3.05, 3.63) is 34.3 Å². The van der Waals surface area contributed by atoms with Gasteiger partial charge in [0.25, 0.3) is 0 Å². The van der Waals surface area contributed by atoms with Gasteiger partial charge in [-0.3, -0.25) is 4.79 Å². The molecule has 1 nitrogen and oxygen atoms in total. The molecule has 1 aromatic carbocycles. The predicted octanol–water partition coefficient (Wildman–Crippen LogP) is 3.38. The molecule has 0 aliphatic carbocycles. The number of hydrogen-bond donors (Lipinski definition) is 0. The summed E-state index contributed by atoms with van der Waals surface area (Å²) in [6, 6.07) is 5.13. The molecular weight excluding hydrogens is 224 g/mol. The third-order valence-corrected chi connectivity index (χ3v) is 2.82. The summed E-state index contributed by atoms with van der Waals surface area (Å²) in [6.07, 6.45) is 0.810. The van der Waals surface area contributed by atoms with Crippen molar-refractivity contribution in [3.8, 4) is 11.5 Å². The highest BCUT2D eigenvalue weighted by Gasteiger charge is 2.08. The molecule has 0 N–H and O–H groups in total. The Morgan fingerprint density at radius 1 is 1.33 bits per heavy atom. The number of carbonyl (C=O) groups is 1. The van der Waals surface area contributed by atoms with Crippen LogP contribution in [0.1, 0.15) is 15.9 Å². The second-order valence-corrected chi connectivity index (χ2v) is 9.54. The first-order valence-corrected chi connectivity index (χ1v) is 8.58. The average molecular weight is 237 g/mol. The third-order valence-electron chi connectivity index (χ3n) is 1.71. The fourth-order valence-electron chi connectivity index (χ4n) is 0.994. The van der Waals surface area contributed by atoms with Gasteiger partial charge in [-0.15, -0.1) is 5.54 Å². The Balaban J connectivity index is 3.17. The molecule has 3 heteroatoms. The third kappa shape index (κ3) is 3.91. The van der Waals surface area contributed by atoms with Crippen LogP contribution >= 0.6 is 11.6 Å². The van der Waals surface area contributed by atoms with Gasteiger partial charge in [-0.1, -0.05) is 37.2 Å². The van der Waals surface area contributed by atoms with Crippen LogP contribution in [0.5, 0.6) is 0 Å². The van der Waals surface area contributed by atoms with E-state index in [1.165, 1.54) is 0 Å². The maximum absolute atomic E-state index is 10.8. The second kappa shape index (κ2) is 4.65. The lowest BCUT2D eigenvalue weighted by Crippen LogP contribution is -2.16. The first-order valence-electron chi connectivity index (χ1n) is 4.70. The van der Waals surface area contributed by atoms with Gasteiger partial charge >= 0.3 is 0 Å². The van der Waals surface area contributed by atoms with Gasteiger partial charge in [0, 0.05) is 16.1 Å². The Labute approximate surface area is 96.5 Å². The smallest absolute Gasteiger partial charge is 0.151 e. The van der Waals surface area contributed by atoms with Crippen LogP contribution in [0.15, 0.2) is 18.2 Å². The van der Waals surface area contributed by atoms with Crippen LogP contribution < -0.4 is 0 Å². The fourth-order valence-corrected chi connectivity index (χ4v) is 1.68. The van der Waals surface area contributed by atoms with Crippen LogP contribution in [0, 0.1) is 11.5 Å². The first-order chi connectivity index (χ1) is 6.92. The van der Waals surface area contributed by atoms with Crippen LogP contribution in [-0.4, -0.2) is 14.4 Å². The number of benzene rings is 1. The van der Waals surface area contributed by atoms with Gasteiger partial charge in [-0.25, -0.2) is 0 Å². The zero-order valence-corrected chi connectivity index (χ0v) is 10.9. The standard InChI is InChI=1S/C12H13ClOSi/c1-15(2,3)7-6-10-8-12(13)5-4-11(10)9-14/h4-5,8-9H,1-3H3. The zero-order chi connectivity index (χ0) is 11.5. The Kier molecular flexibility index (Phi) is 3.73. The van der Waals surface area contributed by atoms with Gasteiger partial charge in [0.15, 0.2) is 6.29 Å². The molecule has 78 valence electrons. The molecule has 0 saturated heterocycles. The lowest BCUT2D eigenvalue weighted by atomic mass is 10.1. The molecule has 0 aromatic heterocycles. The molecule has 0 amide bonds. The maximum Gasteiger partial charge on any atom is 0.151 e. The average Bonchev–Trinajstić information content (AvgIpc) is 2.14. The minimum atomic E-state index is -1.41. The molecule has 15 heavy (non-hydrogen) atoms. The summed E-state index contributed by atoms with van der Waals surface area (Å²) in [5.41, 5.74) is 4.54. The minimum Gasteiger partial charge on any atom is -0.298 e. The summed E-state index contributed by atoms with van der Waals surface area (Å²) in [5.74, 6) is 3.04. The van der Waals surface area contributed by atoms with Crippen molar-refractivity contribution in [2.75, 3.05) is 0 Å². The SMILES string of the molecule is C[Si](C)(C)C#Cc1cc(Cl)ccc1C=O. The summed E-state index contributed by atoms with van der Waals surface area (Å²) in [4.78, 5) is 10.8. The molecule has 0 unspecified atom stereocenters. The van der Waals surface area contributed by atoms with Crippen LogP contribution in [-0.2, 0) is 0 Å². The number of carbonyl (C=O) groups excluding carboxylic acids is 1. The number of hydrogen-bond acceptors (Lipinski definition) is 1. The Morgan fingerprint density at radius 3 is 2.53 bits per heavy atom. The summed E-state index contributed by atoms with van der Waals surface area (Å²) in [5, 5.41) is 0.612. The predicted molar refractivity (Wildman–Crippen MR) is 67.1 cm³/mol. The molecule has 0 spiro atoms. The fraction of sp³-hybridized carbons (Fsp3) is 0.250. The lowest BCUT2D eigenvalue weighted by molar-refractivity contribution is 0.112. The first kappa shape index (κ1) is 12.0. The van der Waals surface area contributed by atoms with Crippen LogP contribution in [0.2, 0.25) is 24.7 Å². The maximum atomic E-state index is 10.8. The monoisotopic (exact) mass is 236 g/mol. The molecule has 0 atom stereocenters. The Hall–Kier alpha value is -1.04. The molecule has 0 radical (unpaired) electrons. The van der Waals surface area contributed by atoms with Crippen LogP contribution in [0.25, 0.3) is 0 Å². The van der Waals surface area contributed by atoms with Crippen molar-refractivity contribution in [1.82, 2.24) is 0 Å². The van der Waals surface area contributed by atoms with E-state index >= 15 is 0 Å². The molecular formula is C12H13ClOSi. The highest BCUT2D eigenvalue weighted by molar-refractivity contribution is 6.83. The van der Waals surface area contributed by atoms with E-state index in [1.54, 1.807) is 18.2 Å². The molecule has 1 rings (SSSR count). The topological polar surface area (TPSA) is 17.1 Å². The van der Waals surface area contributed by atoms with E-state index in [0.29, 0.717) is 10.6 Å². The van der Waals surface area contributed by atoms with Crippen molar-refractivity contribution in [3.63, 3.8) is 0 Å². The van der Waals surface area contributed by atoms with E-state index in [0.717, 1.165) is 11.8 Å². The summed E-state index contributed by atoms with van der Waals surface area (Å²) >= 11 is 5.85. The normalized spacial score (nSPS) is 10.4. The van der Waals surface area contributed by atoms with Crippen molar-refractivity contribution in [2.24, 2.45) is 0 Å². The van der Waals surface area contributed by atoms with Crippen LogP contribution in [0.4, 0.5) is 0 Å². The Morgan fingerprint density at radius 2 is 2.00 bits per heavy atom. The van der Waals surface area contributed by atoms with Gasteiger partial charge in [0.2, 0.25) is 0 Å². The zero-order valence-electron chi connectivity index (χ0n) is 9.10. The van der Waals surface area contributed by atoms with E-state index in [1.807, 2.05) is 0 Å². The quantitative estimate of drug-likeness (QED) is 0.415. The van der Waals surface area contributed by atoms with Gasteiger partial charge in [-0.05, 0) is 18.2 Å². The minimum absolute atomic E-state index is 0.602. The van der Waals surface area contributed by atoms with Gasteiger partial charge in [0.1, 0.15) is 8.07 Å². The second-order valence-electron chi connectivity index (χ2n) is 4.35. The molecule has 0 saturated carbocycles. The van der Waals surface area contributed by atoms with Gasteiger partial charge < -0.3 is 0 Å². The van der Waals surface area contributed by atoms with Crippen molar-refractivity contribution >= 4 is 26.0 Å². The molecule has 0 aliphatic heterocycles. The van der Waals surface area contributed by atoms with E-state index in [4.69, 9.17) is 11.6 Å². The molecule has 0 fully saturated rings. The van der Waals surface area contributed by atoms with Crippen LogP contribution in [0.3, 0.4) is 0 Å². The number of aldehydes is 1. The van der Waals surface area contributed by atoms with E-state index in [2.05, 4.69) is 31.1 Å². The lowest BCUT2D eigenvalue weighted by Gasteiger charge is -2.04. The van der Waals surface area contributed by atoms with E-state index in [9.17, 15) is 4.79 Å². The van der Waals surface area contributed by atoms with Gasteiger partial charge in [0.05, 0.1) is 0 Å². The molecule has 0 heterocycles. The summed E-state index contributed by atoms with van der Waals surface area (Å²) in [6.45, 7) is 6.47. The van der Waals surface area contributed by atoms with E-state index in [-0.39, 0.29) is 0 Å². The van der Waals surface area contributed by atoms with Crippen molar-refractivity contribution in [2.45, 2.75) is 19.6 Å². The Bertz CT molecular complexity index is 435. The number of rotatable bonds is 1. The molecule has 0 aliphatic rings. The van der Waals surface area contributed by atoms with Crippen molar-refractivity contribution in [1.29, 1.82) is 0 Å². The largest absolute Gasteiger partial charge is 0.298 e. The molecule has 0 bridgehead atoms. The highest BCUT2D eigenvalue weighted by atomic mass is 35.5.